The van der Waals surface area contributed by atoms with E-state index in [1.807, 2.05) is 42.1 Å². The van der Waals surface area contributed by atoms with Gasteiger partial charge >= 0.3 is 0 Å². The topological polar surface area (TPSA) is 90.7 Å². The van der Waals surface area contributed by atoms with Crippen molar-refractivity contribution in [1.29, 1.82) is 0 Å². The first-order valence-corrected chi connectivity index (χ1v) is 13.4. The molecular formula is C27H35N3O5S. The SMILES string of the molecule is COc1cc(C)c(S(=O)(=O)C(C)CCOCC(=O)N(C)Cc2ccc(-c3cn(C)cn3)cc2)c(C)c1. The lowest BCUT2D eigenvalue weighted by Crippen LogP contribution is -2.30. The van der Waals surface area contributed by atoms with Crippen LogP contribution < -0.4 is 4.74 Å². The Morgan fingerprint density at radius 2 is 1.78 bits per heavy atom. The fourth-order valence-corrected chi connectivity index (χ4v) is 5.88. The summed E-state index contributed by atoms with van der Waals surface area (Å²) in [5, 5.41) is -0.645. The molecule has 0 aliphatic heterocycles. The third-order valence-corrected chi connectivity index (χ3v) is 8.69. The number of sulfone groups is 1. The molecule has 0 saturated carbocycles. The average molecular weight is 514 g/mol. The smallest absolute Gasteiger partial charge is 0.248 e. The fourth-order valence-electron chi connectivity index (χ4n) is 4.06. The number of ether oxygens (including phenoxy) is 2. The van der Waals surface area contributed by atoms with Crippen molar-refractivity contribution in [2.24, 2.45) is 7.05 Å². The van der Waals surface area contributed by atoms with E-state index < -0.39 is 15.1 Å². The van der Waals surface area contributed by atoms with Crippen molar-refractivity contribution in [3.8, 4) is 17.0 Å². The highest BCUT2D eigenvalue weighted by Gasteiger charge is 2.27. The van der Waals surface area contributed by atoms with Crippen molar-refractivity contribution < 1.29 is 22.7 Å². The van der Waals surface area contributed by atoms with Crippen LogP contribution in [0.25, 0.3) is 11.3 Å². The molecule has 0 N–H and O–H groups in total. The van der Waals surface area contributed by atoms with Crippen molar-refractivity contribution in [2.45, 2.75) is 43.9 Å². The molecule has 1 atom stereocenters. The van der Waals surface area contributed by atoms with E-state index in [0.717, 1.165) is 16.8 Å². The highest BCUT2D eigenvalue weighted by molar-refractivity contribution is 7.92. The second kappa shape index (κ2) is 11.7. The standard InChI is InChI=1S/C27H35N3O5S/c1-19-13-24(34-6)14-20(2)27(19)36(32,33)21(3)11-12-35-17-26(31)30(5)15-22-7-9-23(10-8-22)25-16-29(4)18-28-25/h7-10,13-14,16,18,21H,11-12,15,17H2,1-6H3. The molecule has 0 fully saturated rings. The van der Waals surface area contributed by atoms with Gasteiger partial charge in [-0.05, 0) is 56.0 Å². The third kappa shape index (κ3) is 6.53. The van der Waals surface area contributed by atoms with Gasteiger partial charge in [-0.3, -0.25) is 4.79 Å². The molecule has 194 valence electrons. The highest BCUT2D eigenvalue weighted by Crippen LogP contribution is 2.29. The van der Waals surface area contributed by atoms with E-state index >= 15 is 0 Å². The predicted octanol–water partition coefficient (Wildman–Crippen LogP) is 3.94. The molecule has 2 aromatic carbocycles. The highest BCUT2D eigenvalue weighted by atomic mass is 32.2. The van der Waals surface area contributed by atoms with Crippen LogP contribution in [0, 0.1) is 13.8 Å². The number of nitrogens with zero attached hydrogens (tertiary/aromatic N) is 3. The maximum absolute atomic E-state index is 13.2. The Bertz CT molecular complexity index is 1280. The molecule has 9 heteroatoms. The Balaban J connectivity index is 1.48. The van der Waals surface area contributed by atoms with Gasteiger partial charge in [0.15, 0.2) is 9.84 Å². The Morgan fingerprint density at radius 1 is 1.14 bits per heavy atom. The first-order chi connectivity index (χ1) is 17.0. The minimum atomic E-state index is -3.54. The maximum Gasteiger partial charge on any atom is 0.248 e. The molecule has 0 aliphatic carbocycles. The van der Waals surface area contributed by atoms with Gasteiger partial charge in [0.2, 0.25) is 5.91 Å². The maximum atomic E-state index is 13.2. The number of carbonyl (C=O) groups is 1. The second-order valence-electron chi connectivity index (χ2n) is 9.16. The van der Waals surface area contributed by atoms with E-state index in [-0.39, 0.29) is 19.1 Å². The third-order valence-electron chi connectivity index (χ3n) is 6.18. The molecule has 1 aromatic heterocycles. The summed E-state index contributed by atoms with van der Waals surface area (Å²) < 4.78 is 39.0. The molecule has 0 radical (unpaired) electrons. The van der Waals surface area contributed by atoms with Gasteiger partial charge in [-0.1, -0.05) is 24.3 Å². The number of imidazole rings is 1. The number of carbonyl (C=O) groups excluding carboxylic acids is 1. The molecule has 0 spiro atoms. The minimum Gasteiger partial charge on any atom is -0.497 e. The van der Waals surface area contributed by atoms with E-state index in [9.17, 15) is 13.2 Å². The number of aryl methyl sites for hydroxylation is 3. The summed E-state index contributed by atoms with van der Waals surface area (Å²) in [6, 6.07) is 11.4. The fraction of sp³-hybridized carbons (Fsp3) is 0.407. The summed E-state index contributed by atoms with van der Waals surface area (Å²) in [5.41, 5.74) is 4.22. The monoisotopic (exact) mass is 513 g/mol. The molecule has 0 aliphatic rings. The molecule has 3 rings (SSSR count). The van der Waals surface area contributed by atoms with E-state index in [4.69, 9.17) is 9.47 Å². The largest absolute Gasteiger partial charge is 0.497 e. The second-order valence-corrected chi connectivity index (χ2v) is 11.5. The molecular weight excluding hydrogens is 478 g/mol. The molecule has 1 unspecified atom stereocenters. The summed E-state index contributed by atoms with van der Waals surface area (Å²) in [6.07, 6.45) is 4.00. The van der Waals surface area contributed by atoms with Crippen LogP contribution in [0.5, 0.6) is 5.75 Å². The zero-order valence-electron chi connectivity index (χ0n) is 21.8. The van der Waals surface area contributed by atoms with Crippen molar-refractivity contribution in [3.05, 3.63) is 65.6 Å². The molecule has 1 heterocycles. The summed E-state index contributed by atoms with van der Waals surface area (Å²) in [7, 11) is 1.66. The lowest BCUT2D eigenvalue weighted by molar-refractivity contribution is -0.135. The van der Waals surface area contributed by atoms with Gasteiger partial charge in [-0.25, -0.2) is 13.4 Å². The molecule has 8 nitrogen and oxygen atoms in total. The van der Waals surface area contributed by atoms with Gasteiger partial charge in [0, 0.05) is 39.0 Å². The number of hydrogen-bond donors (Lipinski definition) is 0. The van der Waals surface area contributed by atoms with Crippen LogP contribution in [0.2, 0.25) is 0 Å². The molecule has 0 bridgehead atoms. The first-order valence-electron chi connectivity index (χ1n) is 11.8. The summed E-state index contributed by atoms with van der Waals surface area (Å²) in [6.45, 7) is 5.73. The Morgan fingerprint density at radius 3 is 2.33 bits per heavy atom. The quantitative estimate of drug-likeness (QED) is 0.361. The van der Waals surface area contributed by atoms with Crippen LogP contribution in [-0.2, 0) is 33.0 Å². The van der Waals surface area contributed by atoms with Crippen molar-refractivity contribution >= 4 is 15.7 Å². The Kier molecular flexibility index (Phi) is 8.92. The van der Waals surface area contributed by atoms with Crippen LogP contribution in [0.4, 0.5) is 0 Å². The van der Waals surface area contributed by atoms with Gasteiger partial charge in [0.05, 0.1) is 29.3 Å². The van der Waals surface area contributed by atoms with Crippen LogP contribution in [0.3, 0.4) is 0 Å². The summed E-state index contributed by atoms with van der Waals surface area (Å²) >= 11 is 0. The van der Waals surface area contributed by atoms with Crippen molar-refractivity contribution in [1.82, 2.24) is 14.5 Å². The average Bonchev–Trinajstić information content (AvgIpc) is 3.27. The van der Waals surface area contributed by atoms with Gasteiger partial charge in [0.25, 0.3) is 0 Å². The van der Waals surface area contributed by atoms with Crippen LogP contribution in [0.15, 0.2) is 53.8 Å². The predicted molar refractivity (Wildman–Crippen MR) is 140 cm³/mol. The number of aromatic nitrogens is 2. The Hall–Kier alpha value is -3.17. The molecule has 1 amide bonds. The van der Waals surface area contributed by atoms with Gasteiger partial charge in [-0.15, -0.1) is 0 Å². The normalized spacial score (nSPS) is 12.4. The lowest BCUT2D eigenvalue weighted by Gasteiger charge is -2.19. The van der Waals surface area contributed by atoms with E-state index in [1.54, 1.807) is 58.3 Å². The van der Waals surface area contributed by atoms with Gasteiger partial charge in [-0.2, -0.15) is 0 Å². The number of likely N-dealkylation sites (N-methyl/N-ethyl adjacent to an activating group) is 1. The number of hydrogen-bond acceptors (Lipinski definition) is 6. The van der Waals surface area contributed by atoms with Crippen LogP contribution in [0.1, 0.15) is 30.0 Å². The first kappa shape index (κ1) is 27.4. The Labute approximate surface area is 213 Å². The zero-order valence-corrected chi connectivity index (χ0v) is 22.6. The summed E-state index contributed by atoms with van der Waals surface area (Å²) in [4.78, 5) is 18.8. The summed E-state index contributed by atoms with van der Waals surface area (Å²) in [5.74, 6) is 0.466. The van der Waals surface area contributed by atoms with Gasteiger partial charge in [0.1, 0.15) is 12.4 Å². The van der Waals surface area contributed by atoms with E-state index in [0.29, 0.717) is 34.7 Å². The van der Waals surface area contributed by atoms with E-state index in [1.165, 1.54) is 0 Å². The van der Waals surface area contributed by atoms with Crippen LogP contribution >= 0.6 is 0 Å². The molecule has 3 aromatic rings. The number of methoxy groups -OCH3 is 1. The molecule has 0 saturated heterocycles. The van der Waals surface area contributed by atoms with Gasteiger partial charge < -0.3 is 18.9 Å². The van der Waals surface area contributed by atoms with Crippen molar-refractivity contribution in [3.63, 3.8) is 0 Å². The number of benzene rings is 2. The number of amides is 1. The van der Waals surface area contributed by atoms with Crippen molar-refractivity contribution in [2.75, 3.05) is 27.4 Å². The lowest BCUT2D eigenvalue weighted by atomic mass is 10.1. The number of rotatable bonds is 11. The van der Waals surface area contributed by atoms with Crippen LogP contribution in [-0.4, -0.2) is 61.4 Å². The zero-order chi connectivity index (χ0) is 26.5. The minimum absolute atomic E-state index is 0.101. The van der Waals surface area contributed by atoms with E-state index in [2.05, 4.69) is 4.98 Å². The molecule has 36 heavy (non-hydrogen) atoms.